The zero-order chi connectivity index (χ0) is 25.2. The average molecular weight is 485 g/mol. The maximum atomic E-state index is 13.0. The Bertz CT molecular complexity index is 1230. The molecule has 36 heavy (non-hydrogen) atoms. The fraction of sp³-hybridized carbons (Fsp3) is 0.345. The number of aromatic nitrogens is 1. The van der Waals surface area contributed by atoms with Gasteiger partial charge in [-0.2, -0.15) is 5.26 Å². The van der Waals surface area contributed by atoms with E-state index in [9.17, 15) is 10.1 Å². The summed E-state index contributed by atoms with van der Waals surface area (Å²) in [5.41, 5.74) is 2.40. The summed E-state index contributed by atoms with van der Waals surface area (Å²) in [5, 5.41) is 13.7. The second-order valence-electron chi connectivity index (χ2n) is 8.78. The van der Waals surface area contributed by atoms with Crippen LogP contribution in [0.3, 0.4) is 0 Å². The zero-order valence-electron chi connectivity index (χ0n) is 20.7. The molecule has 3 aromatic rings. The highest BCUT2D eigenvalue weighted by atomic mass is 16.5. The first-order valence-electron chi connectivity index (χ1n) is 12.5. The summed E-state index contributed by atoms with van der Waals surface area (Å²) >= 11 is 0. The largest absolute Gasteiger partial charge is 0.492 e. The lowest BCUT2D eigenvalue weighted by Gasteiger charge is -2.26. The molecule has 0 radical (unpaired) electrons. The van der Waals surface area contributed by atoms with Crippen molar-refractivity contribution in [2.45, 2.75) is 25.8 Å². The van der Waals surface area contributed by atoms with Crippen LogP contribution in [0.15, 0.2) is 66.2 Å². The van der Waals surface area contributed by atoms with Gasteiger partial charge < -0.3 is 14.8 Å². The summed E-state index contributed by atoms with van der Waals surface area (Å²) in [6.45, 7) is 7.00. The minimum absolute atomic E-state index is 0.0296. The molecule has 2 heterocycles. The Labute approximate surface area is 212 Å². The van der Waals surface area contributed by atoms with Crippen LogP contribution in [0.1, 0.15) is 37.1 Å². The van der Waals surface area contributed by atoms with Crippen molar-refractivity contribution in [3.8, 4) is 11.8 Å². The van der Waals surface area contributed by atoms with Gasteiger partial charge >= 0.3 is 0 Å². The number of carbonyl (C=O) groups excluding carboxylic acids is 1. The fourth-order valence-corrected chi connectivity index (χ4v) is 4.22. The van der Waals surface area contributed by atoms with Crippen molar-refractivity contribution in [2.24, 2.45) is 0 Å². The van der Waals surface area contributed by atoms with Crippen LogP contribution in [-0.2, 0) is 9.53 Å². The molecule has 0 saturated carbocycles. The van der Waals surface area contributed by atoms with Crippen molar-refractivity contribution in [1.82, 2.24) is 15.2 Å². The van der Waals surface area contributed by atoms with E-state index >= 15 is 0 Å². The van der Waals surface area contributed by atoms with Crippen LogP contribution in [0.25, 0.3) is 17.0 Å². The van der Waals surface area contributed by atoms with Crippen LogP contribution in [-0.4, -0.2) is 55.2 Å². The van der Waals surface area contributed by atoms with E-state index in [1.807, 2.05) is 66.7 Å². The van der Waals surface area contributed by atoms with Crippen molar-refractivity contribution in [3.05, 3.63) is 77.5 Å². The molecule has 7 nitrogen and oxygen atoms in total. The van der Waals surface area contributed by atoms with Crippen molar-refractivity contribution in [1.29, 1.82) is 5.26 Å². The number of morpholine rings is 1. The van der Waals surface area contributed by atoms with Gasteiger partial charge in [0, 0.05) is 25.0 Å². The van der Waals surface area contributed by atoms with E-state index in [0.29, 0.717) is 12.3 Å². The Kier molecular flexibility index (Phi) is 9.03. The van der Waals surface area contributed by atoms with Crippen LogP contribution in [0.4, 0.5) is 0 Å². The lowest BCUT2D eigenvalue weighted by molar-refractivity contribution is -0.117. The van der Waals surface area contributed by atoms with Crippen molar-refractivity contribution in [2.75, 3.05) is 39.5 Å². The fourth-order valence-electron chi connectivity index (χ4n) is 4.22. The molecule has 1 N–H and O–H groups in total. The molecule has 1 aliphatic heterocycles. The molecule has 1 saturated heterocycles. The van der Waals surface area contributed by atoms with E-state index in [0.717, 1.165) is 67.9 Å². The second-order valence-corrected chi connectivity index (χ2v) is 8.78. The number of rotatable bonds is 10. The minimum atomic E-state index is -0.406. The van der Waals surface area contributed by atoms with Gasteiger partial charge in [0.1, 0.15) is 24.0 Å². The lowest BCUT2D eigenvalue weighted by Crippen LogP contribution is -2.38. The van der Waals surface area contributed by atoms with Crippen molar-refractivity contribution in [3.63, 3.8) is 0 Å². The molecule has 186 valence electrons. The highest BCUT2D eigenvalue weighted by Crippen LogP contribution is 2.23. The SMILES string of the molecule is CCCC(NC(=O)C(C#N)=Cc1ccc2ccccc2n1)c1ccc(OCCN2CCOCC2)cc1. The Morgan fingerprint density at radius 1 is 1.17 bits per heavy atom. The predicted molar refractivity (Wildman–Crippen MR) is 140 cm³/mol. The number of fused-ring (bicyclic) bond motifs is 1. The van der Waals surface area contributed by atoms with Crippen LogP contribution >= 0.6 is 0 Å². The van der Waals surface area contributed by atoms with E-state index in [2.05, 4.69) is 22.1 Å². The first-order valence-corrected chi connectivity index (χ1v) is 12.5. The van der Waals surface area contributed by atoms with Crippen LogP contribution < -0.4 is 10.1 Å². The van der Waals surface area contributed by atoms with Crippen molar-refractivity contribution >= 4 is 22.9 Å². The molecule has 1 amide bonds. The van der Waals surface area contributed by atoms with Gasteiger partial charge in [0.25, 0.3) is 5.91 Å². The molecule has 2 aromatic carbocycles. The minimum Gasteiger partial charge on any atom is -0.492 e. The number of pyridine rings is 1. The van der Waals surface area contributed by atoms with Crippen LogP contribution in [0.5, 0.6) is 5.75 Å². The molecule has 1 aromatic heterocycles. The zero-order valence-corrected chi connectivity index (χ0v) is 20.7. The van der Waals surface area contributed by atoms with E-state index < -0.39 is 5.91 Å². The molecule has 1 aliphatic rings. The predicted octanol–water partition coefficient (Wildman–Crippen LogP) is 4.51. The third-order valence-corrected chi connectivity index (χ3v) is 6.22. The Hall–Kier alpha value is -3.73. The number of hydrogen-bond acceptors (Lipinski definition) is 6. The quantitative estimate of drug-likeness (QED) is 0.337. The molecule has 1 fully saturated rings. The van der Waals surface area contributed by atoms with Gasteiger partial charge in [0.2, 0.25) is 0 Å². The Morgan fingerprint density at radius 2 is 1.94 bits per heavy atom. The van der Waals surface area contributed by atoms with Gasteiger partial charge in [-0.3, -0.25) is 9.69 Å². The Morgan fingerprint density at radius 3 is 2.69 bits per heavy atom. The lowest BCUT2D eigenvalue weighted by atomic mass is 10.0. The number of amides is 1. The third kappa shape index (κ3) is 6.91. The van der Waals surface area contributed by atoms with Gasteiger partial charge in [-0.15, -0.1) is 0 Å². The monoisotopic (exact) mass is 484 g/mol. The Balaban J connectivity index is 1.39. The third-order valence-electron chi connectivity index (χ3n) is 6.22. The molecular weight excluding hydrogens is 452 g/mol. The van der Waals surface area contributed by atoms with Crippen LogP contribution in [0.2, 0.25) is 0 Å². The molecule has 0 bridgehead atoms. The number of hydrogen-bond donors (Lipinski definition) is 1. The van der Waals surface area contributed by atoms with Gasteiger partial charge in [-0.05, 0) is 42.3 Å². The summed E-state index contributed by atoms with van der Waals surface area (Å²) in [4.78, 5) is 19.9. The summed E-state index contributed by atoms with van der Waals surface area (Å²) < 4.78 is 11.3. The number of nitrogens with one attached hydrogen (secondary N) is 1. The number of nitriles is 1. The average Bonchev–Trinajstić information content (AvgIpc) is 2.92. The highest BCUT2D eigenvalue weighted by Gasteiger charge is 2.18. The summed E-state index contributed by atoms with van der Waals surface area (Å²) in [5.74, 6) is 0.394. The molecule has 1 atom stereocenters. The molecular formula is C29H32N4O3. The first kappa shape index (κ1) is 25.4. The standard InChI is InChI=1S/C29H32N4O3/c1-2-5-27(23-9-12-26(13-10-23)36-19-16-33-14-17-35-18-15-33)32-29(34)24(21-30)20-25-11-8-22-6-3-4-7-28(22)31-25/h3-4,6-13,20,27H,2,5,14-19H2,1H3,(H,32,34). The topological polar surface area (TPSA) is 87.5 Å². The molecule has 1 unspecified atom stereocenters. The van der Waals surface area contributed by atoms with Crippen LogP contribution in [0, 0.1) is 11.3 Å². The molecule has 7 heteroatoms. The normalized spacial score (nSPS) is 15.3. The number of carbonyl (C=O) groups is 1. The number of nitrogens with zero attached hydrogens (tertiary/aromatic N) is 3. The number of para-hydroxylation sites is 1. The van der Waals surface area contributed by atoms with E-state index in [1.54, 1.807) is 0 Å². The summed E-state index contributed by atoms with van der Waals surface area (Å²) in [6.07, 6.45) is 3.19. The summed E-state index contributed by atoms with van der Waals surface area (Å²) in [7, 11) is 0. The van der Waals surface area contributed by atoms with E-state index in [-0.39, 0.29) is 11.6 Å². The second kappa shape index (κ2) is 12.8. The maximum Gasteiger partial charge on any atom is 0.262 e. The van der Waals surface area contributed by atoms with Crippen molar-refractivity contribution < 1.29 is 14.3 Å². The highest BCUT2D eigenvalue weighted by molar-refractivity contribution is 6.01. The summed E-state index contributed by atoms with van der Waals surface area (Å²) in [6, 6.07) is 21.2. The van der Waals surface area contributed by atoms with Gasteiger partial charge in [-0.1, -0.05) is 49.7 Å². The number of ether oxygens (including phenoxy) is 2. The maximum absolute atomic E-state index is 13.0. The molecule has 0 spiro atoms. The van der Waals surface area contributed by atoms with Gasteiger partial charge in [-0.25, -0.2) is 4.98 Å². The van der Waals surface area contributed by atoms with E-state index in [4.69, 9.17) is 9.47 Å². The molecule has 4 rings (SSSR count). The molecule has 0 aliphatic carbocycles. The number of benzene rings is 2. The van der Waals surface area contributed by atoms with Gasteiger partial charge in [0.05, 0.1) is 30.5 Å². The van der Waals surface area contributed by atoms with E-state index in [1.165, 1.54) is 6.08 Å². The van der Waals surface area contributed by atoms with Gasteiger partial charge in [0.15, 0.2) is 0 Å². The first-order chi connectivity index (χ1) is 17.7. The smallest absolute Gasteiger partial charge is 0.262 e.